The average Bonchev–Trinajstić information content (AvgIpc) is 3.05. The fraction of sp³-hybridized carbons (Fsp3) is 0.263. The van der Waals surface area contributed by atoms with Crippen LogP contribution in [0.15, 0.2) is 48.5 Å². The molecule has 1 aliphatic heterocycles. The standard InChI is InChI=1S/C19H18F3N3O2/c20-19(21,22)13-6-1-2-7-14(13)24-17(26)12-23-15-8-3-4-9-16(15)25-11-5-10-18(25)27/h1-4,6-9,23H,5,10-12H2,(H,24,26). The highest BCUT2D eigenvalue weighted by atomic mass is 19.4. The molecule has 0 aliphatic carbocycles. The first-order chi connectivity index (χ1) is 12.9. The Balaban J connectivity index is 1.68. The molecule has 0 spiro atoms. The van der Waals surface area contributed by atoms with Crippen molar-refractivity contribution in [2.45, 2.75) is 19.0 Å². The highest BCUT2D eigenvalue weighted by Gasteiger charge is 2.33. The van der Waals surface area contributed by atoms with E-state index in [0.717, 1.165) is 12.5 Å². The summed E-state index contributed by atoms with van der Waals surface area (Å²) < 4.78 is 39.0. The summed E-state index contributed by atoms with van der Waals surface area (Å²) in [6.07, 6.45) is -3.31. The van der Waals surface area contributed by atoms with Gasteiger partial charge in [-0.25, -0.2) is 0 Å². The molecule has 1 aliphatic rings. The minimum atomic E-state index is -4.56. The second-order valence-corrected chi connectivity index (χ2v) is 6.11. The van der Waals surface area contributed by atoms with E-state index in [2.05, 4.69) is 10.6 Å². The minimum Gasteiger partial charge on any atom is -0.374 e. The smallest absolute Gasteiger partial charge is 0.374 e. The summed E-state index contributed by atoms with van der Waals surface area (Å²) >= 11 is 0. The van der Waals surface area contributed by atoms with E-state index in [-0.39, 0.29) is 18.1 Å². The van der Waals surface area contributed by atoms with Gasteiger partial charge >= 0.3 is 6.18 Å². The first-order valence-corrected chi connectivity index (χ1v) is 8.45. The van der Waals surface area contributed by atoms with Crippen LogP contribution in [-0.4, -0.2) is 24.9 Å². The molecule has 3 rings (SSSR count). The number of alkyl halides is 3. The SMILES string of the molecule is O=C(CNc1ccccc1N1CCCC1=O)Nc1ccccc1C(F)(F)F. The summed E-state index contributed by atoms with van der Waals surface area (Å²) in [7, 11) is 0. The number of halogens is 3. The number of carbonyl (C=O) groups excluding carboxylic acids is 2. The zero-order valence-corrected chi connectivity index (χ0v) is 14.3. The van der Waals surface area contributed by atoms with Gasteiger partial charge in [0.05, 0.1) is 29.2 Å². The third-order valence-electron chi connectivity index (χ3n) is 4.21. The molecule has 0 aromatic heterocycles. The summed E-state index contributed by atoms with van der Waals surface area (Å²) in [5.74, 6) is -0.609. The molecule has 5 nitrogen and oxygen atoms in total. The van der Waals surface area contributed by atoms with Crippen molar-refractivity contribution in [3.63, 3.8) is 0 Å². The number of anilines is 3. The number of benzene rings is 2. The molecule has 2 aromatic rings. The van der Waals surface area contributed by atoms with Crippen molar-refractivity contribution in [3.8, 4) is 0 Å². The van der Waals surface area contributed by atoms with Crippen LogP contribution in [0.5, 0.6) is 0 Å². The van der Waals surface area contributed by atoms with Crippen LogP contribution in [0.3, 0.4) is 0 Å². The van der Waals surface area contributed by atoms with Crippen LogP contribution in [0.4, 0.5) is 30.2 Å². The van der Waals surface area contributed by atoms with Crippen molar-refractivity contribution in [3.05, 3.63) is 54.1 Å². The highest BCUT2D eigenvalue weighted by molar-refractivity contribution is 5.99. The molecule has 27 heavy (non-hydrogen) atoms. The second kappa shape index (κ2) is 7.69. The number of carbonyl (C=O) groups is 2. The largest absolute Gasteiger partial charge is 0.418 e. The van der Waals surface area contributed by atoms with Crippen molar-refractivity contribution < 1.29 is 22.8 Å². The van der Waals surface area contributed by atoms with Gasteiger partial charge in [0.25, 0.3) is 0 Å². The van der Waals surface area contributed by atoms with Crippen LogP contribution in [0, 0.1) is 0 Å². The molecule has 0 atom stereocenters. The Hall–Kier alpha value is -3.03. The molecule has 2 N–H and O–H groups in total. The molecule has 1 fully saturated rings. The van der Waals surface area contributed by atoms with Crippen LogP contribution in [0.2, 0.25) is 0 Å². The summed E-state index contributed by atoms with van der Waals surface area (Å²) in [6.45, 7) is 0.369. The van der Waals surface area contributed by atoms with Gasteiger partial charge in [-0.3, -0.25) is 9.59 Å². The van der Waals surface area contributed by atoms with Crippen molar-refractivity contribution >= 4 is 28.9 Å². The molecule has 0 radical (unpaired) electrons. The molecule has 2 amide bonds. The Morgan fingerprint density at radius 1 is 1.04 bits per heavy atom. The van der Waals surface area contributed by atoms with Crippen molar-refractivity contribution in [1.82, 2.24) is 0 Å². The number of nitrogens with zero attached hydrogens (tertiary/aromatic N) is 1. The van der Waals surface area contributed by atoms with Crippen molar-refractivity contribution in [2.24, 2.45) is 0 Å². The van der Waals surface area contributed by atoms with Gasteiger partial charge in [0.2, 0.25) is 11.8 Å². The molecule has 142 valence electrons. The third-order valence-corrected chi connectivity index (χ3v) is 4.21. The number of amides is 2. The first kappa shape index (κ1) is 18.8. The number of hydrogen-bond acceptors (Lipinski definition) is 3. The maximum absolute atomic E-state index is 13.0. The molecule has 2 aromatic carbocycles. The van der Waals surface area contributed by atoms with Gasteiger partial charge in [0, 0.05) is 13.0 Å². The topological polar surface area (TPSA) is 61.4 Å². The van der Waals surface area contributed by atoms with Crippen molar-refractivity contribution in [1.29, 1.82) is 0 Å². The van der Waals surface area contributed by atoms with E-state index in [1.54, 1.807) is 29.2 Å². The van der Waals surface area contributed by atoms with E-state index < -0.39 is 17.6 Å². The highest BCUT2D eigenvalue weighted by Crippen LogP contribution is 2.34. The predicted molar refractivity (Wildman–Crippen MR) is 96.6 cm³/mol. The van der Waals surface area contributed by atoms with Crippen LogP contribution < -0.4 is 15.5 Å². The summed E-state index contributed by atoms with van der Waals surface area (Å²) in [4.78, 5) is 25.7. The lowest BCUT2D eigenvalue weighted by molar-refractivity contribution is -0.137. The number of hydrogen-bond donors (Lipinski definition) is 2. The zero-order valence-electron chi connectivity index (χ0n) is 14.3. The average molecular weight is 377 g/mol. The van der Waals surface area contributed by atoms with Gasteiger partial charge in [-0.1, -0.05) is 24.3 Å². The van der Waals surface area contributed by atoms with E-state index in [1.165, 1.54) is 18.2 Å². The fourth-order valence-electron chi connectivity index (χ4n) is 2.97. The Labute approximate surface area is 154 Å². The maximum Gasteiger partial charge on any atom is 0.418 e. The van der Waals surface area contributed by atoms with E-state index >= 15 is 0 Å². The van der Waals surface area contributed by atoms with Gasteiger partial charge in [0.1, 0.15) is 0 Å². The molecular formula is C19H18F3N3O2. The normalized spacial score (nSPS) is 14.3. The Kier molecular flexibility index (Phi) is 5.34. The van der Waals surface area contributed by atoms with Gasteiger partial charge in [0.15, 0.2) is 0 Å². The van der Waals surface area contributed by atoms with Crippen molar-refractivity contribution in [2.75, 3.05) is 28.6 Å². The summed E-state index contributed by atoms with van der Waals surface area (Å²) in [6, 6.07) is 11.8. The summed E-state index contributed by atoms with van der Waals surface area (Å²) in [5.41, 5.74) is 0.0386. The van der Waals surface area contributed by atoms with E-state index in [9.17, 15) is 22.8 Å². The van der Waals surface area contributed by atoms with E-state index in [1.807, 2.05) is 0 Å². The van der Waals surface area contributed by atoms with Crippen LogP contribution >= 0.6 is 0 Å². The number of rotatable bonds is 5. The van der Waals surface area contributed by atoms with E-state index in [0.29, 0.717) is 24.3 Å². The molecule has 0 unspecified atom stereocenters. The van der Waals surface area contributed by atoms with Gasteiger partial charge in [-0.2, -0.15) is 13.2 Å². The first-order valence-electron chi connectivity index (χ1n) is 8.45. The predicted octanol–water partition coefficient (Wildman–Crippen LogP) is 3.88. The Bertz CT molecular complexity index is 852. The zero-order chi connectivity index (χ0) is 19.4. The molecule has 0 bridgehead atoms. The molecule has 0 saturated carbocycles. The summed E-state index contributed by atoms with van der Waals surface area (Å²) in [5, 5.41) is 5.18. The van der Waals surface area contributed by atoms with Crippen LogP contribution in [0.1, 0.15) is 18.4 Å². The molecule has 8 heteroatoms. The van der Waals surface area contributed by atoms with Gasteiger partial charge < -0.3 is 15.5 Å². The molecule has 1 saturated heterocycles. The quantitative estimate of drug-likeness (QED) is 0.831. The fourth-order valence-corrected chi connectivity index (χ4v) is 2.97. The van der Waals surface area contributed by atoms with Gasteiger partial charge in [-0.15, -0.1) is 0 Å². The van der Waals surface area contributed by atoms with Gasteiger partial charge in [-0.05, 0) is 30.7 Å². The third kappa shape index (κ3) is 4.39. The maximum atomic E-state index is 13.0. The lowest BCUT2D eigenvalue weighted by atomic mass is 10.1. The lowest BCUT2D eigenvalue weighted by Gasteiger charge is -2.20. The number of nitrogens with one attached hydrogen (secondary N) is 2. The number of para-hydroxylation sites is 3. The monoisotopic (exact) mass is 377 g/mol. The Morgan fingerprint density at radius 2 is 1.70 bits per heavy atom. The molecule has 1 heterocycles. The second-order valence-electron chi connectivity index (χ2n) is 6.11. The minimum absolute atomic E-state index is 0.00723. The molecular weight excluding hydrogens is 359 g/mol. The van der Waals surface area contributed by atoms with Crippen LogP contribution in [0.25, 0.3) is 0 Å². The van der Waals surface area contributed by atoms with E-state index in [4.69, 9.17) is 0 Å². The van der Waals surface area contributed by atoms with Crippen LogP contribution in [-0.2, 0) is 15.8 Å². The lowest BCUT2D eigenvalue weighted by Crippen LogP contribution is -2.27. The Morgan fingerprint density at radius 3 is 2.37 bits per heavy atom.